The molecule has 0 aliphatic heterocycles. The molecule has 0 saturated heterocycles. The molecule has 8 nitrogen and oxygen atoms in total. The van der Waals surface area contributed by atoms with Gasteiger partial charge in [0, 0.05) is 11.1 Å². The van der Waals surface area contributed by atoms with Crippen LogP contribution in [0.1, 0.15) is 15.9 Å². The standard InChI is InChI=1S/C27H15BrClN3O5/c28-22-13-16(12-18(15-30)26(33)31-23-10-9-19(29)14-24(23)32(35)36)8-11-25(22)37-27(34)21-7-3-5-17-4-1-2-6-20(17)21/h1-14H,(H,31,33)/b18-12+. The van der Waals surface area contributed by atoms with Crippen LogP contribution in [0.15, 0.2) is 88.9 Å². The van der Waals surface area contributed by atoms with Crippen LogP contribution >= 0.6 is 27.5 Å². The summed E-state index contributed by atoms with van der Waals surface area (Å²) in [6.07, 6.45) is 1.30. The van der Waals surface area contributed by atoms with E-state index in [9.17, 15) is 25.0 Å². The highest BCUT2D eigenvalue weighted by Gasteiger charge is 2.19. The van der Waals surface area contributed by atoms with Gasteiger partial charge in [0.2, 0.25) is 0 Å². The van der Waals surface area contributed by atoms with Crippen LogP contribution in [0.5, 0.6) is 5.75 Å². The Kier molecular flexibility index (Phi) is 7.63. The van der Waals surface area contributed by atoms with Gasteiger partial charge in [-0.05, 0) is 68.7 Å². The Hall–Kier alpha value is -4.52. The summed E-state index contributed by atoms with van der Waals surface area (Å²) in [4.78, 5) is 36.0. The van der Waals surface area contributed by atoms with E-state index in [0.717, 1.165) is 16.8 Å². The van der Waals surface area contributed by atoms with E-state index in [-0.39, 0.29) is 22.0 Å². The highest BCUT2D eigenvalue weighted by molar-refractivity contribution is 9.10. The summed E-state index contributed by atoms with van der Waals surface area (Å²) >= 11 is 9.15. The zero-order chi connectivity index (χ0) is 26.5. The summed E-state index contributed by atoms with van der Waals surface area (Å²) in [6, 6.07) is 23.0. The predicted molar refractivity (Wildman–Crippen MR) is 143 cm³/mol. The number of carbonyl (C=O) groups is 2. The monoisotopic (exact) mass is 575 g/mol. The molecular formula is C27H15BrClN3O5. The van der Waals surface area contributed by atoms with Gasteiger partial charge in [-0.2, -0.15) is 5.26 Å². The van der Waals surface area contributed by atoms with Gasteiger partial charge in [0.25, 0.3) is 11.6 Å². The van der Waals surface area contributed by atoms with Gasteiger partial charge < -0.3 is 10.1 Å². The van der Waals surface area contributed by atoms with E-state index in [0.29, 0.717) is 15.6 Å². The van der Waals surface area contributed by atoms with Crippen molar-refractivity contribution in [2.45, 2.75) is 0 Å². The van der Waals surface area contributed by atoms with Crippen LogP contribution in [0.4, 0.5) is 11.4 Å². The number of hydrogen-bond acceptors (Lipinski definition) is 6. The molecule has 1 amide bonds. The number of nitrogens with zero attached hydrogens (tertiary/aromatic N) is 2. The Morgan fingerprint density at radius 2 is 1.81 bits per heavy atom. The molecule has 0 radical (unpaired) electrons. The van der Waals surface area contributed by atoms with Crippen molar-refractivity contribution >= 4 is 67.6 Å². The quantitative estimate of drug-likeness (QED) is 0.0663. The maximum absolute atomic E-state index is 12.8. The zero-order valence-electron chi connectivity index (χ0n) is 18.8. The number of esters is 1. The van der Waals surface area contributed by atoms with Gasteiger partial charge >= 0.3 is 5.97 Å². The normalized spacial score (nSPS) is 11.0. The lowest BCUT2D eigenvalue weighted by atomic mass is 10.0. The van der Waals surface area contributed by atoms with Crippen LogP contribution in [0, 0.1) is 21.4 Å². The highest BCUT2D eigenvalue weighted by atomic mass is 79.9. The first-order valence-electron chi connectivity index (χ1n) is 10.6. The lowest BCUT2D eigenvalue weighted by Crippen LogP contribution is -2.14. The van der Waals surface area contributed by atoms with Crippen molar-refractivity contribution in [1.82, 2.24) is 0 Å². The first-order chi connectivity index (χ1) is 17.8. The number of nitrogens with one attached hydrogen (secondary N) is 1. The molecule has 0 saturated carbocycles. The lowest BCUT2D eigenvalue weighted by molar-refractivity contribution is -0.383. The fraction of sp³-hybridized carbons (Fsp3) is 0. The molecule has 0 unspecified atom stereocenters. The first kappa shape index (κ1) is 25.6. The van der Waals surface area contributed by atoms with Crippen molar-refractivity contribution in [1.29, 1.82) is 5.26 Å². The molecule has 0 aliphatic rings. The number of fused-ring (bicyclic) bond motifs is 1. The number of nitriles is 1. The van der Waals surface area contributed by atoms with E-state index < -0.39 is 22.5 Å². The summed E-state index contributed by atoms with van der Waals surface area (Å²) in [5.41, 5.74) is 0.0650. The molecule has 10 heteroatoms. The molecule has 182 valence electrons. The largest absolute Gasteiger partial charge is 0.422 e. The second-order valence-corrected chi connectivity index (χ2v) is 8.94. The lowest BCUT2D eigenvalue weighted by Gasteiger charge is -2.09. The molecule has 4 rings (SSSR count). The summed E-state index contributed by atoms with van der Waals surface area (Å²) in [7, 11) is 0. The van der Waals surface area contributed by atoms with Gasteiger partial charge in [-0.1, -0.05) is 54.1 Å². The predicted octanol–water partition coefficient (Wildman–Crippen LogP) is 6.93. The molecule has 0 atom stereocenters. The minimum absolute atomic E-state index is 0.0996. The van der Waals surface area contributed by atoms with Crippen molar-refractivity contribution in [3.8, 4) is 11.8 Å². The zero-order valence-corrected chi connectivity index (χ0v) is 21.1. The topological polar surface area (TPSA) is 122 Å². The molecule has 0 aliphatic carbocycles. The third kappa shape index (κ3) is 5.83. The number of carbonyl (C=O) groups excluding carboxylic acids is 2. The van der Waals surface area contributed by atoms with E-state index in [2.05, 4.69) is 21.2 Å². The summed E-state index contributed by atoms with van der Waals surface area (Å²) < 4.78 is 5.99. The van der Waals surface area contributed by atoms with Crippen molar-refractivity contribution in [3.05, 3.63) is 115 Å². The van der Waals surface area contributed by atoms with Crippen molar-refractivity contribution in [2.75, 3.05) is 5.32 Å². The van der Waals surface area contributed by atoms with Crippen LogP contribution in [0.3, 0.4) is 0 Å². The molecule has 4 aromatic rings. The molecule has 0 heterocycles. The Morgan fingerprint density at radius 1 is 1.05 bits per heavy atom. The van der Waals surface area contributed by atoms with Gasteiger partial charge in [-0.15, -0.1) is 0 Å². The number of nitro groups is 1. The second kappa shape index (κ2) is 11.0. The average molecular weight is 577 g/mol. The third-order valence-electron chi connectivity index (χ3n) is 5.25. The van der Waals surface area contributed by atoms with Crippen LogP contribution in [0.2, 0.25) is 5.02 Å². The minimum Gasteiger partial charge on any atom is -0.422 e. The molecule has 37 heavy (non-hydrogen) atoms. The fourth-order valence-corrected chi connectivity index (χ4v) is 4.16. The molecule has 0 bridgehead atoms. The number of nitro benzene ring substituents is 1. The average Bonchev–Trinajstić information content (AvgIpc) is 2.89. The van der Waals surface area contributed by atoms with Crippen LogP contribution in [-0.4, -0.2) is 16.8 Å². The summed E-state index contributed by atoms with van der Waals surface area (Å²) in [5.74, 6) is -1.13. The minimum atomic E-state index is -0.837. The van der Waals surface area contributed by atoms with Gasteiger partial charge in [0.1, 0.15) is 23.1 Å². The van der Waals surface area contributed by atoms with E-state index in [4.69, 9.17) is 16.3 Å². The summed E-state index contributed by atoms with van der Waals surface area (Å²) in [5, 5.41) is 24.9. The maximum atomic E-state index is 12.8. The Morgan fingerprint density at radius 3 is 2.54 bits per heavy atom. The van der Waals surface area contributed by atoms with E-state index in [1.807, 2.05) is 30.3 Å². The Labute approximate surface area is 224 Å². The SMILES string of the molecule is N#C/C(=C\c1ccc(OC(=O)c2cccc3ccccc23)c(Br)c1)C(=O)Nc1ccc(Cl)cc1[N+](=O)[O-]. The number of ether oxygens (including phenoxy) is 1. The Bertz CT molecular complexity index is 1640. The molecule has 0 fully saturated rings. The number of halogens is 2. The highest BCUT2D eigenvalue weighted by Crippen LogP contribution is 2.30. The van der Waals surface area contributed by atoms with Crippen LogP contribution in [0.25, 0.3) is 16.8 Å². The van der Waals surface area contributed by atoms with E-state index in [1.54, 1.807) is 30.3 Å². The molecule has 0 aromatic heterocycles. The maximum Gasteiger partial charge on any atom is 0.344 e. The van der Waals surface area contributed by atoms with Crippen molar-refractivity contribution in [3.63, 3.8) is 0 Å². The molecule has 4 aromatic carbocycles. The summed E-state index contributed by atoms with van der Waals surface area (Å²) in [6.45, 7) is 0. The van der Waals surface area contributed by atoms with Gasteiger partial charge in [-0.25, -0.2) is 4.79 Å². The number of amides is 1. The van der Waals surface area contributed by atoms with Gasteiger partial charge in [0.15, 0.2) is 0 Å². The number of rotatable bonds is 6. The first-order valence-corrected chi connectivity index (χ1v) is 11.8. The number of hydrogen-bond donors (Lipinski definition) is 1. The van der Waals surface area contributed by atoms with Crippen molar-refractivity contribution in [2.24, 2.45) is 0 Å². The van der Waals surface area contributed by atoms with Crippen LogP contribution < -0.4 is 10.1 Å². The number of anilines is 1. The van der Waals surface area contributed by atoms with Crippen molar-refractivity contribution < 1.29 is 19.2 Å². The fourth-order valence-electron chi connectivity index (χ4n) is 3.51. The van der Waals surface area contributed by atoms with E-state index in [1.165, 1.54) is 24.3 Å². The Balaban J connectivity index is 1.54. The molecule has 0 spiro atoms. The van der Waals surface area contributed by atoms with E-state index >= 15 is 0 Å². The van der Waals surface area contributed by atoms with Gasteiger partial charge in [-0.3, -0.25) is 14.9 Å². The molecular weight excluding hydrogens is 562 g/mol. The third-order valence-corrected chi connectivity index (χ3v) is 6.10. The smallest absolute Gasteiger partial charge is 0.344 e. The molecule has 1 N–H and O–H groups in total. The number of benzene rings is 4. The van der Waals surface area contributed by atoms with Gasteiger partial charge in [0.05, 0.1) is 15.0 Å². The second-order valence-electron chi connectivity index (χ2n) is 7.65. The van der Waals surface area contributed by atoms with Crippen LogP contribution in [-0.2, 0) is 4.79 Å².